The van der Waals surface area contributed by atoms with Crippen LogP contribution in [0.25, 0.3) is 0 Å². The van der Waals surface area contributed by atoms with Crippen LogP contribution >= 0.6 is 15.9 Å². The van der Waals surface area contributed by atoms with Crippen LogP contribution in [0.15, 0.2) is 40.9 Å². The molecule has 0 aliphatic heterocycles. The molecule has 0 saturated carbocycles. The molecule has 0 heterocycles. The molecule has 7 heteroatoms. The Kier molecular flexibility index (Phi) is 4.64. The van der Waals surface area contributed by atoms with Crippen LogP contribution in [-0.2, 0) is 0 Å². The number of methoxy groups -OCH3 is 2. The fourth-order valence-electron chi connectivity index (χ4n) is 1.82. The fraction of sp³-hybridized carbons (Fsp3) is 0.143. The van der Waals surface area contributed by atoms with Gasteiger partial charge in [-0.25, -0.2) is 0 Å². The van der Waals surface area contributed by atoms with Crippen molar-refractivity contribution in [1.82, 2.24) is 0 Å². The van der Waals surface area contributed by atoms with Gasteiger partial charge >= 0.3 is 0 Å². The molecule has 0 saturated heterocycles. The molecule has 0 bridgehead atoms. The molecular formula is C14H13BrN2O4. The van der Waals surface area contributed by atoms with Crippen molar-refractivity contribution in [2.45, 2.75) is 0 Å². The van der Waals surface area contributed by atoms with Gasteiger partial charge in [0.15, 0.2) is 0 Å². The molecule has 6 nitrogen and oxygen atoms in total. The molecule has 0 radical (unpaired) electrons. The third kappa shape index (κ3) is 3.43. The predicted molar refractivity (Wildman–Crippen MR) is 83.6 cm³/mol. The maximum absolute atomic E-state index is 11.1. The summed E-state index contributed by atoms with van der Waals surface area (Å²) >= 11 is 3.22. The summed E-state index contributed by atoms with van der Waals surface area (Å²) in [5.41, 5.74) is 0.922. The molecule has 0 amide bonds. The van der Waals surface area contributed by atoms with Gasteiger partial charge in [0.2, 0.25) is 0 Å². The van der Waals surface area contributed by atoms with Gasteiger partial charge < -0.3 is 14.8 Å². The van der Waals surface area contributed by atoms with Crippen LogP contribution in [0.4, 0.5) is 17.1 Å². The summed E-state index contributed by atoms with van der Waals surface area (Å²) in [6.45, 7) is 0. The third-order valence-corrected chi connectivity index (χ3v) is 3.33. The van der Waals surface area contributed by atoms with Gasteiger partial charge in [0, 0.05) is 16.6 Å². The first kappa shape index (κ1) is 15.1. The second-order valence-corrected chi connectivity index (χ2v) is 5.03. The SMILES string of the molecule is COc1ccc(OC)c(Nc2ccc(Br)cc2[N+](=O)[O-])c1. The average molecular weight is 353 g/mol. The van der Waals surface area contributed by atoms with Gasteiger partial charge in [-0.3, -0.25) is 10.1 Å². The second-order valence-electron chi connectivity index (χ2n) is 4.11. The predicted octanol–water partition coefficient (Wildman–Crippen LogP) is 4.12. The lowest BCUT2D eigenvalue weighted by Crippen LogP contribution is -1.99. The number of anilines is 2. The number of benzene rings is 2. The van der Waals surface area contributed by atoms with Crippen LogP contribution in [0.5, 0.6) is 11.5 Å². The van der Waals surface area contributed by atoms with E-state index in [1.54, 1.807) is 37.4 Å². The minimum Gasteiger partial charge on any atom is -0.497 e. The van der Waals surface area contributed by atoms with Crippen LogP contribution in [0.2, 0.25) is 0 Å². The van der Waals surface area contributed by atoms with E-state index in [0.29, 0.717) is 27.3 Å². The fourth-order valence-corrected chi connectivity index (χ4v) is 2.17. The monoisotopic (exact) mass is 352 g/mol. The Morgan fingerprint density at radius 2 is 1.86 bits per heavy atom. The first-order valence-electron chi connectivity index (χ1n) is 5.98. The molecule has 0 spiro atoms. The van der Waals surface area contributed by atoms with Gasteiger partial charge in [0.25, 0.3) is 5.69 Å². The van der Waals surface area contributed by atoms with E-state index in [4.69, 9.17) is 9.47 Å². The average Bonchev–Trinajstić information content (AvgIpc) is 2.48. The quantitative estimate of drug-likeness (QED) is 0.647. The smallest absolute Gasteiger partial charge is 0.293 e. The van der Waals surface area contributed by atoms with E-state index in [1.165, 1.54) is 13.2 Å². The Labute approximate surface area is 130 Å². The number of ether oxygens (including phenoxy) is 2. The lowest BCUT2D eigenvalue weighted by Gasteiger charge is -2.13. The highest BCUT2D eigenvalue weighted by molar-refractivity contribution is 9.10. The standard InChI is InChI=1S/C14H13BrN2O4/c1-20-10-4-6-14(21-2)12(8-10)16-11-5-3-9(15)7-13(11)17(18)19/h3-8,16H,1-2H3. The molecule has 0 unspecified atom stereocenters. The first-order chi connectivity index (χ1) is 10.0. The van der Waals surface area contributed by atoms with Crippen molar-refractivity contribution in [2.24, 2.45) is 0 Å². The van der Waals surface area contributed by atoms with Crippen LogP contribution < -0.4 is 14.8 Å². The van der Waals surface area contributed by atoms with Crippen LogP contribution in [0.1, 0.15) is 0 Å². The normalized spacial score (nSPS) is 10.0. The molecule has 21 heavy (non-hydrogen) atoms. The Bertz CT molecular complexity index is 676. The summed E-state index contributed by atoms with van der Waals surface area (Å²) in [4.78, 5) is 10.7. The molecule has 110 valence electrons. The van der Waals surface area contributed by atoms with E-state index in [2.05, 4.69) is 21.2 Å². The van der Waals surface area contributed by atoms with Crippen molar-refractivity contribution in [1.29, 1.82) is 0 Å². The summed E-state index contributed by atoms with van der Waals surface area (Å²) in [6.07, 6.45) is 0. The summed E-state index contributed by atoms with van der Waals surface area (Å²) in [5.74, 6) is 1.19. The van der Waals surface area contributed by atoms with Crippen LogP contribution in [0.3, 0.4) is 0 Å². The number of nitrogens with one attached hydrogen (secondary N) is 1. The number of hydrogen-bond acceptors (Lipinski definition) is 5. The summed E-state index contributed by atoms with van der Waals surface area (Å²) in [6, 6.07) is 9.98. The minimum atomic E-state index is -0.445. The van der Waals surface area contributed by atoms with E-state index in [0.717, 1.165) is 0 Å². The van der Waals surface area contributed by atoms with Gasteiger partial charge in [-0.15, -0.1) is 0 Å². The van der Waals surface area contributed by atoms with Crippen molar-refractivity contribution in [3.8, 4) is 11.5 Å². The zero-order valence-electron chi connectivity index (χ0n) is 11.4. The number of hydrogen-bond donors (Lipinski definition) is 1. The van der Waals surface area contributed by atoms with E-state index < -0.39 is 4.92 Å². The van der Waals surface area contributed by atoms with Gasteiger partial charge in [-0.1, -0.05) is 15.9 Å². The van der Waals surface area contributed by atoms with E-state index in [-0.39, 0.29) is 5.69 Å². The number of nitro benzene ring substituents is 1. The second kappa shape index (κ2) is 6.45. The molecule has 0 aromatic heterocycles. The highest BCUT2D eigenvalue weighted by atomic mass is 79.9. The number of halogens is 1. The van der Waals surface area contributed by atoms with Crippen LogP contribution in [-0.4, -0.2) is 19.1 Å². The molecular weight excluding hydrogens is 340 g/mol. The van der Waals surface area contributed by atoms with Crippen molar-refractivity contribution in [2.75, 3.05) is 19.5 Å². The Morgan fingerprint density at radius 1 is 1.10 bits per heavy atom. The van der Waals surface area contributed by atoms with Crippen molar-refractivity contribution in [3.63, 3.8) is 0 Å². The molecule has 0 fully saturated rings. The Morgan fingerprint density at radius 3 is 2.48 bits per heavy atom. The van der Waals surface area contributed by atoms with Gasteiger partial charge in [-0.2, -0.15) is 0 Å². The highest BCUT2D eigenvalue weighted by Gasteiger charge is 2.16. The zero-order valence-corrected chi connectivity index (χ0v) is 13.0. The summed E-state index contributed by atoms with van der Waals surface area (Å²) in [5, 5.41) is 14.1. The van der Waals surface area contributed by atoms with E-state index in [1.807, 2.05) is 0 Å². The van der Waals surface area contributed by atoms with Gasteiger partial charge in [-0.05, 0) is 24.3 Å². The summed E-state index contributed by atoms with van der Waals surface area (Å²) in [7, 11) is 3.08. The van der Waals surface area contributed by atoms with Crippen LogP contribution in [0, 0.1) is 10.1 Å². The molecule has 2 aromatic carbocycles. The molecule has 0 atom stereocenters. The van der Waals surface area contributed by atoms with Gasteiger partial charge in [0.1, 0.15) is 17.2 Å². The number of nitro groups is 1. The molecule has 0 aliphatic rings. The summed E-state index contributed by atoms with van der Waals surface area (Å²) < 4.78 is 11.0. The number of nitrogens with zero attached hydrogens (tertiary/aromatic N) is 1. The first-order valence-corrected chi connectivity index (χ1v) is 6.77. The van der Waals surface area contributed by atoms with Gasteiger partial charge in [0.05, 0.1) is 24.8 Å². The maximum atomic E-state index is 11.1. The Balaban J connectivity index is 2.44. The lowest BCUT2D eigenvalue weighted by atomic mass is 10.2. The zero-order chi connectivity index (χ0) is 15.4. The van der Waals surface area contributed by atoms with Crippen molar-refractivity contribution >= 4 is 33.0 Å². The van der Waals surface area contributed by atoms with E-state index in [9.17, 15) is 10.1 Å². The molecule has 1 N–H and O–H groups in total. The van der Waals surface area contributed by atoms with Crippen molar-refractivity contribution < 1.29 is 14.4 Å². The largest absolute Gasteiger partial charge is 0.497 e. The van der Waals surface area contributed by atoms with E-state index >= 15 is 0 Å². The Hall–Kier alpha value is -2.28. The highest BCUT2D eigenvalue weighted by Crippen LogP contribution is 2.35. The lowest BCUT2D eigenvalue weighted by molar-refractivity contribution is -0.384. The topological polar surface area (TPSA) is 73.6 Å². The number of rotatable bonds is 5. The minimum absolute atomic E-state index is 0.0331. The molecule has 2 rings (SSSR count). The maximum Gasteiger partial charge on any atom is 0.293 e. The molecule has 0 aliphatic carbocycles. The third-order valence-electron chi connectivity index (χ3n) is 2.83. The van der Waals surface area contributed by atoms with Crippen molar-refractivity contribution in [3.05, 3.63) is 51.0 Å². The molecule has 2 aromatic rings.